The van der Waals surface area contributed by atoms with E-state index in [1.54, 1.807) is 6.33 Å². The highest BCUT2D eigenvalue weighted by molar-refractivity contribution is 6.04. The first-order valence-corrected chi connectivity index (χ1v) is 14.7. The number of aryl methyl sites for hydroxylation is 1. The van der Waals surface area contributed by atoms with Crippen molar-refractivity contribution in [3.8, 4) is 11.3 Å². The lowest BCUT2D eigenvalue weighted by Crippen LogP contribution is -2.40. The Balaban J connectivity index is 1.23. The van der Waals surface area contributed by atoms with Gasteiger partial charge >= 0.3 is 0 Å². The predicted molar refractivity (Wildman–Crippen MR) is 173 cm³/mol. The number of benzene rings is 3. The van der Waals surface area contributed by atoms with Crippen LogP contribution in [0, 0.1) is 0 Å². The minimum Gasteiger partial charge on any atom is -0.378 e. The molecule has 6 rings (SSSR count). The van der Waals surface area contributed by atoms with Gasteiger partial charge < -0.3 is 24.8 Å². The lowest BCUT2D eigenvalue weighted by atomic mass is 9.87. The summed E-state index contributed by atoms with van der Waals surface area (Å²) in [6.07, 6.45) is 1.76. The number of nitrogens with one attached hydrogen (secondary N) is 2. The maximum atomic E-state index is 13.0. The van der Waals surface area contributed by atoms with Gasteiger partial charge in [-0.1, -0.05) is 45.0 Å². The Bertz CT molecular complexity index is 1810. The number of aromatic nitrogens is 3. The van der Waals surface area contributed by atoms with Crippen LogP contribution in [0.2, 0.25) is 0 Å². The molecule has 9 nitrogen and oxygen atoms in total. The average molecular weight is 589 g/mol. The van der Waals surface area contributed by atoms with Crippen molar-refractivity contribution in [3.05, 3.63) is 102 Å². The molecular weight excluding hydrogens is 552 g/mol. The van der Waals surface area contributed by atoms with E-state index < -0.39 is 0 Å². The average Bonchev–Trinajstić information content (AvgIpc) is 3.42. The van der Waals surface area contributed by atoms with E-state index in [0.717, 1.165) is 28.0 Å². The molecule has 5 aromatic rings. The number of anilines is 3. The number of nitrogens with zero attached hydrogens (tertiary/aromatic N) is 4. The van der Waals surface area contributed by atoms with Crippen LogP contribution in [-0.2, 0) is 17.2 Å². The third-order valence-corrected chi connectivity index (χ3v) is 7.83. The van der Waals surface area contributed by atoms with Gasteiger partial charge in [-0.15, -0.1) is 0 Å². The summed E-state index contributed by atoms with van der Waals surface area (Å²) in [4.78, 5) is 37.2. The quantitative estimate of drug-likeness (QED) is 0.238. The molecule has 2 N–H and O–H groups in total. The number of rotatable bonds is 6. The molecule has 0 saturated carbocycles. The van der Waals surface area contributed by atoms with Crippen LogP contribution in [-0.4, -0.2) is 57.6 Å². The SMILES string of the molecule is Cn1cnc2c(Nc3ccc(C(=O)N4CCOCC4)cc3)nc(-c3cccc(NC(=O)c4ccc(C(C)(C)C)cc4)c3)cc21. The summed E-state index contributed by atoms with van der Waals surface area (Å²) >= 11 is 0. The highest BCUT2D eigenvalue weighted by Crippen LogP contribution is 2.30. The number of morpholine rings is 1. The zero-order chi connectivity index (χ0) is 30.8. The van der Waals surface area contributed by atoms with Crippen LogP contribution < -0.4 is 10.6 Å². The van der Waals surface area contributed by atoms with Gasteiger partial charge in [-0.05, 0) is 65.6 Å². The van der Waals surface area contributed by atoms with Crippen molar-refractivity contribution in [1.82, 2.24) is 19.4 Å². The largest absolute Gasteiger partial charge is 0.378 e. The topological polar surface area (TPSA) is 101 Å². The number of fused-ring (bicyclic) bond motifs is 1. The van der Waals surface area contributed by atoms with Gasteiger partial charge in [0.25, 0.3) is 11.8 Å². The van der Waals surface area contributed by atoms with Crippen molar-refractivity contribution in [3.63, 3.8) is 0 Å². The molecule has 1 aliphatic rings. The van der Waals surface area contributed by atoms with E-state index in [9.17, 15) is 9.59 Å². The van der Waals surface area contributed by atoms with Gasteiger partial charge in [0.2, 0.25) is 0 Å². The zero-order valence-corrected chi connectivity index (χ0v) is 25.4. The Hall–Kier alpha value is -5.02. The van der Waals surface area contributed by atoms with Crippen molar-refractivity contribution < 1.29 is 14.3 Å². The normalized spacial score (nSPS) is 13.6. The standard InChI is InChI=1S/C35H36N6O3/c1-35(2,3)26-12-8-23(9-13-26)33(42)38-28-7-5-6-25(20-28)29-21-30-31(36-22-40(30)4)32(39-29)37-27-14-10-24(11-15-27)34(43)41-16-18-44-19-17-41/h5-15,20-22H,16-19H2,1-4H3,(H,37,39)(H,38,42). The number of imidazole rings is 1. The third-order valence-electron chi connectivity index (χ3n) is 7.83. The molecule has 2 aromatic heterocycles. The predicted octanol–water partition coefficient (Wildman–Crippen LogP) is 6.40. The number of pyridine rings is 1. The Morgan fingerprint density at radius 3 is 2.27 bits per heavy atom. The summed E-state index contributed by atoms with van der Waals surface area (Å²) in [5.74, 6) is 0.426. The fourth-order valence-corrected chi connectivity index (χ4v) is 5.23. The lowest BCUT2D eigenvalue weighted by Gasteiger charge is -2.26. The molecule has 2 amide bonds. The second-order valence-corrected chi connectivity index (χ2v) is 12.0. The molecule has 0 unspecified atom stereocenters. The molecule has 0 spiro atoms. The van der Waals surface area contributed by atoms with Crippen LogP contribution in [0.3, 0.4) is 0 Å². The van der Waals surface area contributed by atoms with Crippen molar-refractivity contribution in [1.29, 1.82) is 0 Å². The molecule has 0 aliphatic carbocycles. The van der Waals surface area contributed by atoms with Crippen LogP contribution in [0.5, 0.6) is 0 Å². The van der Waals surface area contributed by atoms with Gasteiger partial charge in [0.1, 0.15) is 5.52 Å². The number of carbonyl (C=O) groups is 2. The molecule has 224 valence electrons. The van der Waals surface area contributed by atoms with E-state index in [1.165, 1.54) is 5.56 Å². The third kappa shape index (κ3) is 6.18. The van der Waals surface area contributed by atoms with E-state index >= 15 is 0 Å². The fraction of sp³-hybridized carbons (Fsp3) is 0.257. The van der Waals surface area contributed by atoms with Gasteiger partial charge in [-0.3, -0.25) is 9.59 Å². The number of carbonyl (C=O) groups excluding carboxylic acids is 2. The Morgan fingerprint density at radius 1 is 0.864 bits per heavy atom. The zero-order valence-electron chi connectivity index (χ0n) is 25.4. The van der Waals surface area contributed by atoms with Crippen molar-refractivity contribution in [2.75, 3.05) is 36.9 Å². The monoisotopic (exact) mass is 588 g/mol. The van der Waals surface area contributed by atoms with E-state index in [1.807, 2.05) is 95.4 Å². The second kappa shape index (κ2) is 11.9. The van der Waals surface area contributed by atoms with Crippen LogP contribution in [0.25, 0.3) is 22.3 Å². The smallest absolute Gasteiger partial charge is 0.255 e. The first-order chi connectivity index (χ1) is 21.2. The summed E-state index contributed by atoms with van der Waals surface area (Å²) in [6.45, 7) is 8.78. The number of hydrogen-bond donors (Lipinski definition) is 2. The van der Waals surface area contributed by atoms with Gasteiger partial charge in [0.05, 0.1) is 30.8 Å². The Morgan fingerprint density at radius 2 is 1.57 bits per heavy atom. The maximum absolute atomic E-state index is 13.0. The lowest BCUT2D eigenvalue weighted by molar-refractivity contribution is 0.0303. The van der Waals surface area contributed by atoms with Crippen LogP contribution >= 0.6 is 0 Å². The van der Waals surface area contributed by atoms with E-state index in [4.69, 9.17) is 9.72 Å². The number of hydrogen-bond acceptors (Lipinski definition) is 6. The number of amides is 2. The molecule has 3 heterocycles. The second-order valence-electron chi connectivity index (χ2n) is 12.0. The molecule has 3 aromatic carbocycles. The molecule has 44 heavy (non-hydrogen) atoms. The molecule has 1 saturated heterocycles. The molecule has 0 atom stereocenters. The molecule has 9 heteroatoms. The highest BCUT2D eigenvalue weighted by Gasteiger charge is 2.19. The van der Waals surface area contributed by atoms with Gasteiger partial charge in [0.15, 0.2) is 5.82 Å². The molecule has 1 fully saturated rings. The van der Waals surface area contributed by atoms with Crippen LogP contribution in [0.4, 0.5) is 17.2 Å². The summed E-state index contributed by atoms with van der Waals surface area (Å²) < 4.78 is 7.31. The van der Waals surface area contributed by atoms with Crippen LogP contribution in [0.1, 0.15) is 47.1 Å². The Labute approximate surface area is 256 Å². The fourth-order valence-electron chi connectivity index (χ4n) is 5.23. The number of ether oxygens (including phenoxy) is 1. The molecule has 0 radical (unpaired) electrons. The first kappa shape index (κ1) is 29.1. The van der Waals surface area contributed by atoms with E-state index in [2.05, 4.69) is 36.4 Å². The van der Waals surface area contributed by atoms with Crippen LogP contribution in [0.15, 0.2) is 85.2 Å². The van der Waals surface area contributed by atoms with Gasteiger partial charge in [-0.25, -0.2) is 9.97 Å². The summed E-state index contributed by atoms with van der Waals surface area (Å²) in [5, 5.41) is 6.42. The van der Waals surface area contributed by atoms with Crippen molar-refractivity contribution in [2.24, 2.45) is 7.05 Å². The minimum atomic E-state index is -0.171. The summed E-state index contributed by atoms with van der Waals surface area (Å²) in [6, 6.07) is 24.8. The maximum Gasteiger partial charge on any atom is 0.255 e. The summed E-state index contributed by atoms with van der Waals surface area (Å²) in [5.41, 5.74) is 7.11. The first-order valence-electron chi connectivity index (χ1n) is 14.7. The molecular formula is C35H36N6O3. The van der Waals surface area contributed by atoms with Crippen molar-refractivity contribution in [2.45, 2.75) is 26.2 Å². The highest BCUT2D eigenvalue weighted by atomic mass is 16.5. The molecule has 1 aliphatic heterocycles. The van der Waals surface area contributed by atoms with E-state index in [0.29, 0.717) is 48.9 Å². The minimum absolute atomic E-state index is 0.000911. The Kier molecular flexibility index (Phi) is 7.88. The van der Waals surface area contributed by atoms with E-state index in [-0.39, 0.29) is 17.2 Å². The summed E-state index contributed by atoms with van der Waals surface area (Å²) in [7, 11) is 1.94. The van der Waals surface area contributed by atoms with Gasteiger partial charge in [-0.2, -0.15) is 0 Å². The van der Waals surface area contributed by atoms with Crippen molar-refractivity contribution >= 4 is 40.0 Å². The molecule has 0 bridgehead atoms. The van der Waals surface area contributed by atoms with Gasteiger partial charge in [0, 0.05) is 48.2 Å².